The summed E-state index contributed by atoms with van der Waals surface area (Å²) in [6.07, 6.45) is 1.62. The van der Waals surface area contributed by atoms with Gasteiger partial charge < -0.3 is 24.1 Å². The Kier molecular flexibility index (Phi) is 4.53. The van der Waals surface area contributed by atoms with Gasteiger partial charge in [0.2, 0.25) is 5.95 Å². The van der Waals surface area contributed by atoms with Crippen LogP contribution in [0.1, 0.15) is 29.1 Å². The van der Waals surface area contributed by atoms with E-state index in [1.54, 1.807) is 10.9 Å². The maximum Gasteiger partial charge on any atom is 0.251 e. The molecule has 1 amide bonds. The molecule has 0 bridgehead atoms. The Morgan fingerprint density at radius 3 is 2.74 bits per heavy atom. The molecule has 1 fully saturated rings. The molecule has 1 saturated heterocycles. The molecule has 4 rings (SSSR count). The molecule has 0 radical (unpaired) electrons. The van der Waals surface area contributed by atoms with Crippen LogP contribution in [0.25, 0.3) is 11.0 Å². The van der Waals surface area contributed by atoms with Crippen molar-refractivity contribution >= 4 is 22.9 Å². The third-order valence-electron chi connectivity index (χ3n) is 4.89. The van der Waals surface area contributed by atoms with Crippen molar-refractivity contribution in [2.24, 2.45) is 14.1 Å². The van der Waals surface area contributed by atoms with Crippen LogP contribution >= 0.6 is 0 Å². The number of aromatic nitrogens is 5. The molecule has 27 heavy (non-hydrogen) atoms. The quantitative estimate of drug-likeness (QED) is 0.739. The van der Waals surface area contributed by atoms with E-state index in [4.69, 9.17) is 9.72 Å². The van der Waals surface area contributed by atoms with Crippen molar-refractivity contribution in [3.8, 4) is 0 Å². The third kappa shape index (κ3) is 3.25. The van der Waals surface area contributed by atoms with Crippen molar-refractivity contribution in [1.82, 2.24) is 29.6 Å². The highest BCUT2D eigenvalue weighted by Gasteiger charge is 2.20. The van der Waals surface area contributed by atoms with Gasteiger partial charge in [-0.05, 0) is 25.1 Å². The SMILES string of the molecule is C[C@@H](NC(=O)c1ccc2c(c1)nc(N1CCOCC1)n2C)c1nncn1C. The van der Waals surface area contributed by atoms with Crippen LogP contribution in [0.3, 0.4) is 0 Å². The second kappa shape index (κ2) is 6.99. The average molecular weight is 369 g/mol. The Morgan fingerprint density at radius 2 is 2.04 bits per heavy atom. The number of imidazole rings is 1. The molecule has 0 unspecified atom stereocenters. The molecule has 3 heterocycles. The minimum absolute atomic E-state index is 0.161. The lowest BCUT2D eigenvalue weighted by Crippen LogP contribution is -2.37. The number of anilines is 1. The molecule has 3 aromatic rings. The zero-order valence-corrected chi connectivity index (χ0v) is 15.7. The number of benzene rings is 1. The fourth-order valence-corrected chi connectivity index (χ4v) is 3.40. The van der Waals surface area contributed by atoms with Crippen molar-refractivity contribution in [3.63, 3.8) is 0 Å². The molecule has 0 aliphatic carbocycles. The first-order valence-electron chi connectivity index (χ1n) is 8.98. The van der Waals surface area contributed by atoms with Gasteiger partial charge >= 0.3 is 0 Å². The summed E-state index contributed by atoms with van der Waals surface area (Å²) in [5.74, 6) is 1.45. The Hall–Kier alpha value is -2.94. The van der Waals surface area contributed by atoms with Crippen molar-refractivity contribution < 1.29 is 9.53 Å². The summed E-state index contributed by atoms with van der Waals surface area (Å²) < 4.78 is 9.27. The molecule has 9 heteroatoms. The van der Waals surface area contributed by atoms with Crippen LogP contribution in [-0.4, -0.2) is 56.5 Å². The van der Waals surface area contributed by atoms with Crippen molar-refractivity contribution in [2.45, 2.75) is 13.0 Å². The molecular formula is C18H23N7O2. The highest BCUT2D eigenvalue weighted by Crippen LogP contribution is 2.23. The summed E-state index contributed by atoms with van der Waals surface area (Å²) in [5.41, 5.74) is 2.37. The van der Waals surface area contributed by atoms with Crippen LogP contribution in [0.4, 0.5) is 5.95 Å². The second-order valence-corrected chi connectivity index (χ2v) is 6.77. The number of nitrogens with one attached hydrogen (secondary N) is 1. The summed E-state index contributed by atoms with van der Waals surface area (Å²) in [4.78, 5) is 19.6. The number of fused-ring (bicyclic) bond motifs is 1. The molecule has 1 aliphatic heterocycles. The monoisotopic (exact) mass is 369 g/mol. The second-order valence-electron chi connectivity index (χ2n) is 6.77. The number of hydrogen-bond donors (Lipinski definition) is 1. The van der Waals surface area contributed by atoms with Gasteiger partial charge in [0.05, 0.1) is 30.3 Å². The Bertz CT molecular complexity index is 971. The summed E-state index contributed by atoms with van der Waals surface area (Å²) in [6, 6.07) is 5.35. The van der Waals surface area contributed by atoms with Gasteiger partial charge in [0.25, 0.3) is 5.91 Å². The van der Waals surface area contributed by atoms with Crippen molar-refractivity contribution in [3.05, 3.63) is 35.9 Å². The van der Waals surface area contributed by atoms with Crippen molar-refractivity contribution in [2.75, 3.05) is 31.2 Å². The molecule has 1 atom stereocenters. The number of carbonyl (C=O) groups is 1. The largest absolute Gasteiger partial charge is 0.378 e. The molecule has 2 aromatic heterocycles. The van der Waals surface area contributed by atoms with E-state index in [0.29, 0.717) is 24.6 Å². The van der Waals surface area contributed by atoms with Gasteiger partial charge in [-0.3, -0.25) is 4.79 Å². The maximum absolute atomic E-state index is 12.7. The Morgan fingerprint density at radius 1 is 1.26 bits per heavy atom. The van der Waals surface area contributed by atoms with Gasteiger partial charge in [-0.1, -0.05) is 0 Å². The van der Waals surface area contributed by atoms with Gasteiger partial charge in [-0.2, -0.15) is 0 Å². The number of nitrogens with zero attached hydrogens (tertiary/aromatic N) is 6. The van der Waals surface area contributed by atoms with Crippen LogP contribution < -0.4 is 10.2 Å². The molecule has 1 aliphatic rings. The van der Waals surface area contributed by atoms with Gasteiger partial charge in [0.15, 0.2) is 5.82 Å². The van der Waals surface area contributed by atoms with E-state index in [1.165, 1.54) is 0 Å². The van der Waals surface area contributed by atoms with Crippen LogP contribution in [0.2, 0.25) is 0 Å². The predicted octanol–water partition coefficient (Wildman–Crippen LogP) is 1.03. The third-order valence-corrected chi connectivity index (χ3v) is 4.89. The van der Waals surface area contributed by atoms with Gasteiger partial charge in [-0.25, -0.2) is 4.98 Å². The predicted molar refractivity (Wildman–Crippen MR) is 101 cm³/mol. The maximum atomic E-state index is 12.7. The van der Waals surface area contributed by atoms with Gasteiger partial charge in [0, 0.05) is 32.7 Å². The lowest BCUT2D eigenvalue weighted by molar-refractivity contribution is 0.0938. The summed E-state index contributed by atoms with van der Waals surface area (Å²) in [5, 5.41) is 10.9. The zero-order valence-electron chi connectivity index (χ0n) is 15.7. The Labute approximate surface area is 156 Å². The standard InChI is InChI=1S/C18H23N7O2/c1-12(16-22-19-11-23(16)2)20-17(26)13-4-5-15-14(10-13)21-18(24(15)3)25-6-8-27-9-7-25/h4-5,10-12H,6-9H2,1-3H3,(H,20,26)/t12-/m1/s1. The van der Waals surface area contributed by atoms with Crippen LogP contribution in [0.5, 0.6) is 0 Å². The fourth-order valence-electron chi connectivity index (χ4n) is 3.40. The molecule has 1 N–H and O–H groups in total. The minimum atomic E-state index is -0.242. The molecular weight excluding hydrogens is 346 g/mol. The van der Waals surface area contributed by atoms with Crippen LogP contribution in [-0.2, 0) is 18.8 Å². The number of morpholine rings is 1. The number of carbonyl (C=O) groups excluding carboxylic acids is 1. The summed E-state index contributed by atoms with van der Waals surface area (Å²) >= 11 is 0. The minimum Gasteiger partial charge on any atom is -0.378 e. The van der Waals surface area contributed by atoms with E-state index in [0.717, 1.165) is 30.1 Å². The number of hydrogen-bond acceptors (Lipinski definition) is 6. The first kappa shape index (κ1) is 17.5. The van der Waals surface area contributed by atoms with Gasteiger partial charge in [0.1, 0.15) is 6.33 Å². The molecule has 0 saturated carbocycles. The average Bonchev–Trinajstić information content (AvgIpc) is 3.25. The number of ether oxygens (including phenoxy) is 1. The smallest absolute Gasteiger partial charge is 0.251 e. The van der Waals surface area contributed by atoms with E-state index < -0.39 is 0 Å². The topological polar surface area (TPSA) is 90.1 Å². The summed E-state index contributed by atoms with van der Waals surface area (Å²) in [7, 11) is 3.85. The lowest BCUT2D eigenvalue weighted by Gasteiger charge is -2.27. The molecule has 9 nitrogen and oxygen atoms in total. The normalized spacial score (nSPS) is 15.9. The van der Waals surface area contributed by atoms with E-state index >= 15 is 0 Å². The van der Waals surface area contributed by atoms with E-state index in [1.807, 2.05) is 39.2 Å². The van der Waals surface area contributed by atoms with Gasteiger partial charge in [-0.15, -0.1) is 10.2 Å². The number of aryl methyl sites for hydroxylation is 2. The molecule has 0 spiro atoms. The Balaban J connectivity index is 1.57. The molecule has 142 valence electrons. The van der Waals surface area contributed by atoms with Crippen LogP contribution in [0, 0.1) is 0 Å². The van der Waals surface area contributed by atoms with Crippen molar-refractivity contribution in [1.29, 1.82) is 0 Å². The van der Waals surface area contributed by atoms with E-state index in [-0.39, 0.29) is 11.9 Å². The summed E-state index contributed by atoms with van der Waals surface area (Å²) in [6.45, 7) is 4.94. The zero-order chi connectivity index (χ0) is 19.0. The first-order valence-corrected chi connectivity index (χ1v) is 8.98. The highest BCUT2D eigenvalue weighted by atomic mass is 16.5. The van der Waals surface area contributed by atoms with E-state index in [9.17, 15) is 4.79 Å². The number of rotatable bonds is 4. The van der Waals surface area contributed by atoms with E-state index in [2.05, 4.69) is 25.0 Å². The van der Waals surface area contributed by atoms with Crippen LogP contribution in [0.15, 0.2) is 24.5 Å². The molecule has 1 aromatic carbocycles. The number of amides is 1. The lowest BCUT2D eigenvalue weighted by atomic mass is 10.1. The fraction of sp³-hybridized carbons (Fsp3) is 0.444. The highest BCUT2D eigenvalue weighted by molar-refractivity contribution is 5.97. The first-order chi connectivity index (χ1) is 13.0.